The third-order valence-electron chi connectivity index (χ3n) is 6.26. The Labute approximate surface area is 227 Å². The molecule has 1 amide bonds. The molecule has 15 heteroatoms. The van der Waals surface area contributed by atoms with Crippen LogP contribution in [0.3, 0.4) is 0 Å². The van der Waals surface area contributed by atoms with Gasteiger partial charge in [0, 0.05) is 42.0 Å². The van der Waals surface area contributed by atoms with Gasteiger partial charge in [-0.15, -0.1) is 0 Å². The third kappa shape index (κ3) is 6.42. The minimum Gasteiger partial charge on any atom is -0.496 e. The summed E-state index contributed by atoms with van der Waals surface area (Å²) in [6, 6.07) is 7.45. The van der Waals surface area contributed by atoms with Crippen molar-refractivity contribution in [1.82, 2.24) is 9.29 Å². The number of rotatable bonds is 8. The Balaban J connectivity index is 1.65. The molecule has 2 aromatic carbocycles. The number of amides is 1. The first-order valence-corrected chi connectivity index (χ1v) is 15.1. The van der Waals surface area contributed by atoms with E-state index < -0.39 is 59.9 Å². The lowest BCUT2D eigenvalue weighted by Gasteiger charge is -2.36. The van der Waals surface area contributed by atoms with Crippen molar-refractivity contribution in [2.45, 2.75) is 17.2 Å². The van der Waals surface area contributed by atoms with Gasteiger partial charge in [-0.25, -0.2) is 21.2 Å². The molecule has 1 fully saturated rings. The van der Waals surface area contributed by atoms with E-state index in [1.165, 1.54) is 37.7 Å². The number of carbonyl (C=O) groups is 1. The van der Waals surface area contributed by atoms with Crippen LogP contribution in [0.15, 0.2) is 54.9 Å². The van der Waals surface area contributed by atoms with Crippen molar-refractivity contribution in [3.63, 3.8) is 0 Å². The molecule has 1 aliphatic heterocycles. The maximum atomic E-state index is 13.7. The van der Waals surface area contributed by atoms with E-state index in [0.29, 0.717) is 23.3 Å². The van der Waals surface area contributed by atoms with E-state index in [0.717, 1.165) is 22.7 Å². The van der Waals surface area contributed by atoms with Gasteiger partial charge < -0.3 is 10.1 Å². The highest BCUT2D eigenvalue weighted by Gasteiger charge is 2.41. The standard InChI is InChI=1S/C25H23F4N3O6S2/c1-38-23-10-18(26)3-4-21(23)20-5-6-30-11-22(20)31-24(33)16-7-15(8-17(9-16)25(27,28)29)14-40(36,37)19-12-32(13-19)39(2,34)35/h3-11,19H,12-14H2,1-2H3,(H,31,33). The fraction of sp³-hybridized carbons (Fsp3) is 0.280. The molecule has 2 heterocycles. The summed E-state index contributed by atoms with van der Waals surface area (Å²) >= 11 is 0. The van der Waals surface area contributed by atoms with Crippen molar-refractivity contribution in [2.24, 2.45) is 0 Å². The summed E-state index contributed by atoms with van der Waals surface area (Å²) in [5.41, 5.74) is -1.18. The summed E-state index contributed by atoms with van der Waals surface area (Å²) < 4.78 is 110. The fourth-order valence-electron chi connectivity index (χ4n) is 4.13. The number of benzene rings is 2. The van der Waals surface area contributed by atoms with Crippen molar-refractivity contribution in [3.8, 4) is 16.9 Å². The number of ether oxygens (including phenoxy) is 1. The smallest absolute Gasteiger partial charge is 0.416 e. The summed E-state index contributed by atoms with van der Waals surface area (Å²) in [6.45, 7) is -0.603. The number of sulfonamides is 1. The summed E-state index contributed by atoms with van der Waals surface area (Å²) in [7, 11) is -6.33. The zero-order valence-corrected chi connectivity index (χ0v) is 22.7. The molecule has 0 unspecified atom stereocenters. The number of hydrogen-bond donors (Lipinski definition) is 1. The van der Waals surface area contributed by atoms with Crippen molar-refractivity contribution in [1.29, 1.82) is 0 Å². The van der Waals surface area contributed by atoms with Crippen LogP contribution in [0, 0.1) is 5.82 Å². The molecule has 0 bridgehead atoms. The highest BCUT2D eigenvalue weighted by atomic mass is 32.2. The number of pyridine rings is 1. The third-order valence-corrected chi connectivity index (χ3v) is 9.55. The molecule has 0 spiro atoms. The van der Waals surface area contributed by atoms with E-state index in [9.17, 15) is 39.2 Å². The fourth-order valence-corrected chi connectivity index (χ4v) is 6.90. The van der Waals surface area contributed by atoms with Crippen LogP contribution in [-0.4, -0.2) is 63.7 Å². The minimum absolute atomic E-state index is 0.0827. The average Bonchev–Trinajstić information content (AvgIpc) is 2.81. The lowest BCUT2D eigenvalue weighted by atomic mass is 10.0. The molecular weight excluding hydrogens is 578 g/mol. The van der Waals surface area contributed by atoms with E-state index in [2.05, 4.69) is 10.3 Å². The Kier molecular flexibility index (Phi) is 7.93. The number of nitrogens with zero attached hydrogens (tertiary/aromatic N) is 2. The number of aromatic nitrogens is 1. The highest BCUT2D eigenvalue weighted by Crippen LogP contribution is 2.36. The van der Waals surface area contributed by atoms with Gasteiger partial charge in [-0.05, 0) is 42.0 Å². The van der Waals surface area contributed by atoms with E-state index >= 15 is 0 Å². The van der Waals surface area contributed by atoms with Gasteiger partial charge in [0.25, 0.3) is 5.91 Å². The Hall–Kier alpha value is -3.56. The monoisotopic (exact) mass is 601 g/mol. The van der Waals surface area contributed by atoms with Crippen molar-refractivity contribution < 1.29 is 43.9 Å². The molecule has 1 N–H and O–H groups in total. The predicted molar refractivity (Wildman–Crippen MR) is 138 cm³/mol. The van der Waals surface area contributed by atoms with Gasteiger partial charge in [0.1, 0.15) is 11.6 Å². The van der Waals surface area contributed by atoms with E-state index in [4.69, 9.17) is 4.74 Å². The first-order valence-electron chi connectivity index (χ1n) is 11.6. The highest BCUT2D eigenvalue weighted by molar-refractivity contribution is 7.92. The Morgan fingerprint density at radius 2 is 1.77 bits per heavy atom. The summed E-state index contributed by atoms with van der Waals surface area (Å²) in [6.07, 6.45) is -1.32. The first kappa shape index (κ1) is 29.4. The summed E-state index contributed by atoms with van der Waals surface area (Å²) in [5.74, 6) is -2.24. The minimum atomic E-state index is -4.89. The summed E-state index contributed by atoms with van der Waals surface area (Å²) in [4.78, 5) is 17.1. The molecule has 9 nitrogen and oxygen atoms in total. The zero-order valence-electron chi connectivity index (χ0n) is 21.1. The second-order valence-electron chi connectivity index (χ2n) is 9.15. The Morgan fingerprint density at radius 3 is 2.40 bits per heavy atom. The number of methoxy groups -OCH3 is 1. The van der Waals surface area contributed by atoms with E-state index in [1.54, 1.807) is 0 Å². The van der Waals surface area contributed by atoms with Crippen LogP contribution in [0.1, 0.15) is 21.5 Å². The molecule has 1 aromatic heterocycles. The normalized spacial score (nSPS) is 14.9. The molecular formula is C25H23F4N3O6S2. The zero-order chi connectivity index (χ0) is 29.5. The van der Waals surface area contributed by atoms with Crippen LogP contribution in [0.25, 0.3) is 11.1 Å². The molecule has 214 valence electrons. The average molecular weight is 602 g/mol. The van der Waals surface area contributed by atoms with Gasteiger partial charge in [-0.1, -0.05) is 0 Å². The first-order chi connectivity index (χ1) is 18.6. The molecule has 0 aliphatic carbocycles. The number of carbonyl (C=O) groups excluding carboxylic acids is 1. The van der Waals surface area contributed by atoms with Crippen LogP contribution < -0.4 is 10.1 Å². The molecule has 1 aliphatic rings. The molecule has 1 saturated heterocycles. The van der Waals surface area contributed by atoms with Crippen molar-refractivity contribution in [3.05, 3.63) is 77.4 Å². The molecule has 0 saturated carbocycles. The SMILES string of the molecule is COc1cc(F)ccc1-c1ccncc1NC(=O)c1cc(CS(=O)(=O)C2CN(S(C)(=O)=O)C2)cc(C(F)(F)F)c1. The van der Waals surface area contributed by atoms with E-state index in [1.807, 2.05) is 0 Å². The van der Waals surface area contributed by atoms with Gasteiger partial charge in [-0.2, -0.15) is 17.5 Å². The van der Waals surface area contributed by atoms with E-state index in [-0.39, 0.29) is 30.1 Å². The van der Waals surface area contributed by atoms with Crippen LogP contribution >= 0.6 is 0 Å². The maximum Gasteiger partial charge on any atom is 0.416 e. The quantitative estimate of drug-likeness (QED) is 0.391. The number of nitrogens with one attached hydrogen (secondary N) is 1. The predicted octanol–water partition coefficient (Wildman–Crippen LogP) is 3.73. The van der Waals surface area contributed by atoms with Gasteiger partial charge in [-0.3, -0.25) is 9.78 Å². The number of alkyl halides is 3. The van der Waals surface area contributed by atoms with Crippen molar-refractivity contribution >= 4 is 31.5 Å². The lowest BCUT2D eigenvalue weighted by molar-refractivity contribution is -0.137. The topological polar surface area (TPSA) is 123 Å². The molecule has 40 heavy (non-hydrogen) atoms. The number of halogens is 4. The Bertz CT molecular complexity index is 1670. The van der Waals surface area contributed by atoms with Crippen LogP contribution in [0.4, 0.5) is 23.2 Å². The molecule has 0 radical (unpaired) electrons. The van der Waals surface area contributed by atoms with Gasteiger partial charge >= 0.3 is 6.18 Å². The second-order valence-corrected chi connectivity index (χ2v) is 13.4. The molecule has 4 rings (SSSR count). The second kappa shape index (κ2) is 10.8. The van der Waals surface area contributed by atoms with Crippen LogP contribution in [0.2, 0.25) is 0 Å². The largest absolute Gasteiger partial charge is 0.496 e. The summed E-state index contributed by atoms with van der Waals surface area (Å²) in [5, 5.41) is 1.40. The Morgan fingerprint density at radius 1 is 1.07 bits per heavy atom. The number of sulfone groups is 1. The molecule has 0 atom stereocenters. The number of hydrogen-bond acceptors (Lipinski definition) is 7. The lowest BCUT2D eigenvalue weighted by Crippen LogP contribution is -2.56. The van der Waals surface area contributed by atoms with Gasteiger partial charge in [0.15, 0.2) is 9.84 Å². The maximum absolute atomic E-state index is 13.7. The van der Waals surface area contributed by atoms with Crippen LogP contribution in [-0.2, 0) is 31.8 Å². The van der Waals surface area contributed by atoms with Crippen molar-refractivity contribution in [2.75, 3.05) is 31.8 Å². The van der Waals surface area contributed by atoms with Gasteiger partial charge in [0.05, 0.1) is 41.8 Å². The molecule has 3 aromatic rings. The number of anilines is 1. The van der Waals surface area contributed by atoms with Gasteiger partial charge in [0.2, 0.25) is 10.0 Å². The van der Waals surface area contributed by atoms with Crippen LogP contribution in [0.5, 0.6) is 5.75 Å².